The van der Waals surface area contributed by atoms with Crippen LogP contribution in [-0.4, -0.2) is 29.4 Å². The number of hydrogen-bond acceptors (Lipinski definition) is 6. The van der Waals surface area contributed by atoms with Gasteiger partial charge in [0.25, 0.3) is 15.6 Å². The molecule has 1 unspecified atom stereocenters. The van der Waals surface area contributed by atoms with E-state index < -0.39 is 10.0 Å². The van der Waals surface area contributed by atoms with Crippen molar-refractivity contribution in [1.29, 1.82) is 0 Å². The van der Waals surface area contributed by atoms with Crippen molar-refractivity contribution >= 4 is 15.7 Å². The molecule has 2 aromatic carbocycles. The molecule has 0 N–H and O–H groups in total. The van der Waals surface area contributed by atoms with Gasteiger partial charge >= 0.3 is 0 Å². The third kappa shape index (κ3) is 3.43. The molecular formula is C25H24N4O4S. The van der Waals surface area contributed by atoms with Crippen LogP contribution in [0.4, 0.5) is 5.69 Å². The molecular weight excluding hydrogens is 452 g/mol. The van der Waals surface area contributed by atoms with Crippen LogP contribution in [0.3, 0.4) is 0 Å². The summed E-state index contributed by atoms with van der Waals surface area (Å²) in [6.45, 7) is 7.14. The van der Waals surface area contributed by atoms with Crippen LogP contribution < -0.4 is 9.86 Å². The lowest BCUT2D eigenvalue weighted by atomic mass is 10.1. The van der Waals surface area contributed by atoms with Crippen molar-refractivity contribution in [1.82, 2.24) is 14.9 Å². The molecule has 0 fully saturated rings. The Kier molecular flexibility index (Phi) is 5.16. The molecule has 3 heterocycles. The van der Waals surface area contributed by atoms with E-state index in [1.807, 2.05) is 31.2 Å². The molecule has 0 spiro atoms. The summed E-state index contributed by atoms with van der Waals surface area (Å²) in [7, 11) is -3.83. The Bertz CT molecular complexity index is 1570. The average molecular weight is 477 g/mol. The molecule has 1 aliphatic heterocycles. The van der Waals surface area contributed by atoms with Gasteiger partial charge in [-0.1, -0.05) is 35.5 Å². The zero-order valence-corrected chi connectivity index (χ0v) is 20.1. The number of rotatable bonds is 4. The van der Waals surface area contributed by atoms with Crippen LogP contribution in [-0.2, 0) is 16.4 Å². The summed E-state index contributed by atoms with van der Waals surface area (Å²) in [5, 5.41) is 8.41. The molecule has 1 aliphatic rings. The molecule has 0 radical (unpaired) electrons. The molecule has 8 nitrogen and oxygen atoms in total. The van der Waals surface area contributed by atoms with Gasteiger partial charge in [-0.3, -0.25) is 9.10 Å². The minimum absolute atomic E-state index is 0.190. The van der Waals surface area contributed by atoms with Crippen molar-refractivity contribution in [3.8, 4) is 16.9 Å². The Morgan fingerprint density at radius 3 is 2.53 bits per heavy atom. The molecule has 0 saturated carbocycles. The number of anilines is 1. The Morgan fingerprint density at radius 1 is 1.03 bits per heavy atom. The van der Waals surface area contributed by atoms with Gasteiger partial charge in [-0.25, -0.2) is 8.42 Å². The molecule has 9 heteroatoms. The largest absolute Gasteiger partial charge is 0.359 e. The summed E-state index contributed by atoms with van der Waals surface area (Å²) >= 11 is 0. The van der Waals surface area contributed by atoms with E-state index in [9.17, 15) is 13.2 Å². The molecule has 0 amide bonds. The van der Waals surface area contributed by atoms with Crippen molar-refractivity contribution in [2.24, 2.45) is 0 Å². The fourth-order valence-electron chi connectivity index (χ4n) is 4.55. The predicted molar refractivity (Wildman–Crippen MR) is 129 cm³/mol. The van der Waals surface area contributed by atoms with Crippen molar-refractivity contribution < 1.29 is 12.9 Å². The van der Waals surface area contributed by atoms with Crippen LogP contribution in [0.1, 0.15) is 29.5 Å². The molecule has 4 aromatic rings. The van der Waals surface area contributed by atoms with E-state index in [0.717, 1.165) is 5.56 Å². The molecule has 174 valence electrons. The number of para-hydroxylation sites is 1. The molecule has 1 atom stereocenters. The summed E-state index contributed by atoms with van der Waals surface area (Å²) in [4.78, 5) is 12.8. The molecule has 0 bridgehead atoms. The first-order valence-electron chi connectivity index (χ1n) is 11.0. The van der Waals surface area contributed by atoms with Crippen molar-refractivity contribution in [2.45, 2.75) is 45.1 Å². The van der Waals surface area contributed by atoms with E-state index in [4.69, 9.17) is 4.52 Å². The monoisotopic (exact) mass is 476 g/mol. The van der Waals surface area contributed by atoms with Gasteiger partial charge in [-0.05, 0) is 63.4 Å². The Morgan fingerprint density at radius 2 is 1.79 bits per heavy atom. The van der Waals surface area contributed by atoms with Gasteiger partial charge < -0.3 is 4.52 Å². The fraction of sp³-hybridized carbons (Fsp3) is 0.240. The summed E-state index contributed by atoms with van der Waals surface area (Å²) < 4.78 is 35.6. The second-order valence-corrected chi connectivity index (χ2v) is 10.4. The molecule has 0 aliphatic carbocycles. The standard InChI is InChI=1S/C25H24N4O4S/c1-15-9-10-19(21-11-12-24(30)28(26-21)25-17(3)27-33-18(25)4)14-23(15)34(31,32)29-16(2)13-20-7-5-6-8-22(20)29/h5-12,14,16H,13H2,1-4H3. The molecule has 2 aromatic heterocycles. The van der Waals surface area contributed by atoms with Crippen LogP contribution >= 0.6 is 0 Å². The zero-order chi connectivity index (χ0) is 24.2. The fourth-order valence-corrected chi connectivity index (χ4v) is 6.50. The van der Waals surface area contributed by atoms with Gasteiger partial charge in [0.2, 0.25) is 0 Å². The van der Waals surface area contributed by atoms with Gasteiger partial charge in [0, 0.05) is 17.7 Å². The minimum atomic E-state index is -3.83. The highest BCUT2D eigenvalue weighted by Crippen LogP contribution is 2.38. The van der Waals surface area contributed by atoms with Crippen LogP contribution in [0.15, 0.2) is 68.8 Å². The van der Waals surface area contributed by atoms with E-state index in [2.05, 4.69) is 10.3 Å². The summed E-state index contributed by atoms with van der Waals surface area (Å²) in [5.74, 6) is 0.470. The van der Waals surface area contributed by atoms with Gasteiger partial charge in [0.15, 0.2) is 5.76 Å². The average Bonchev–Trinajstić information content (AvgIpc) is 3.32. The minimum Gasteiger partial charge on any atom is -0.359 e. The van der Waals surface area contributed by atoms with Gasteiger partial charge in [-0.15, -0.1) is 0 Å². The second-order valence-electron chi connectivity index (χ2n) is 8.60. The summed E-state index contributed by atoms with van der Waals surface area (Å²) in [5.41, 5.74) is 4.11. The Hall–Kier alpha value is -3.72. The van der Waals surface area contributed by atoms with E-state index in [1.54, 1.807) is 45.0 Å². The number of sulfonamides is 1. The predicted octanol–water partition coefficient (Wildman–Crippen LogP) is 3.95. The topological polar surface area (TPSA) is 98.3 Å². The first-order chi connectivity index (χ1) is 16.2. The quantitative estimate of drug-likeness (QED) is 0.442. The number of nitrogens with zero attached hydrogens (tertiary/aromatic N) is 4. The molecule has 5 rings (SSSR count). The van der Waals surface area contributed by atoms with Crippen molar-refractivity contribution in [3.63, 3.8) is 0 Å². The number of fused-ring (bicyclic) bond motifs is 1. The number of benzene rings is 2. The van der Waals surface area contributed by atoms with Crippen LogP contribution in [0, 0.1) is 20.8 Å². The van der Waals surface area contributed by atoms with Crippen LogP contribution in [0.25, 0.3) is 16.9 Å². The van der Waals surface area contributed by atoms with Gasteiger partial charge in [0.05, 0.1) is 16.3 Å². The van der Waals surface area contributed by atoms with Crippen molar-refractivity contribution in [2.75, 3.05) is 4.31 Å². The Balaban J connectivity index is 1.63. The SMILES string of the molecule is Cc1ccc(-c2ccc(=O)n(-c3c(C)noc3C)n2)cc1S(=O)(=O)N1c2ccccc2CC1C. The highest BCUT2D eigenvalue weighted by Gasteiger charge is 2.36. The maximum atomic E-state index is 13.8. The maximum Gasteiger partial charge on any atom is 0.271 e. The summed E-state index contributed by atoms with van der Waals surface area (Å²) in [6.07, 6.45) is 0.665. The lowest BCUT2D eigenvalue weighted by Gasteiger charge is -2.25. The van der Waals surface area contributed by atoms with E-state index in [-0.39, 0.29) is 16.5 Å². The normalized spacial score (nSPS) is 15.5. The number of hydrogen-bond donors (Lipinski definition) is 0. The highest BCUT2D eigenvalue weighted by molar-refractivity contribution is 7.93. The van der Waals surface area contributed by atoms with Crippen LogP contribution in [0.5, 0.6) is 0 Å². The summed E-state index contributed by atoms with van der Waals surface area (Å²) in [6, 6.07) is 15.6. The zero-order valence-electron chi connectivity index (χ0n) is 19.3. The smallest absolute Gasteiger partial charge is 0.271 e. The first kappa shape index (κ1) is 22.1. The van der Waals surface area contributed by atoms with Crippen molar-refractivity contribution in [3.05, 3.63) is 87.5 Å². The maximum absolute atomic E-state index is 13.8. The second kappa shape index (κ2) is 7.95. The molecule has 0 saturated heterocycles. The Labute approximate surface area is 197 Å². The third-order valence-electron chi connectivity index (χ3n) is 6.17. The lowest BCUT2D eigenvalue weighted by molar-refractivity contribution is 0.392. The van der Waals surface area contributed by atoms with Gasteiger partial charge in [-0.2, -0.15) is 9.78 Å². The van der Waals surface area contributed by atoms with Gasteiger partial charge in [0.1, 0.15) is 11.4 Å². The lowest BCUT2D eigenvalue weighted by Crippen LogP contribution is -2.36. The number of aryl methyl sites for hydroxylation is 3. The van der Waals surface area contributed by atoms with Crippen LogP contribution in [0.2, 0.25) is 0 Å². The van der Waals surface area contributed by atoms with E-state index >= 15 is 0 Å². The highest BCUT2D eigenvalue weighted by atomic mass is 32.2. The third-order valence-corrected chi connectivity index (χ3v) is 8.24. The first-order valence-corrected chi connectivity index (χ1v) is 12.4. The van der Waals surface area contributed by atoms with E-state index in [0.29, 0.717) is 46.1 Å². The molecule has 34 heavy (non-hydrogen) atoms. The van der Waals surface area contributed by atoms with E-state index in [1.165, 1.54) is 15.1 Å². The number of aromatic nitrogens is 3.